The molecular weight excluding hydrogens is 636 g/mol. The molecule has 3 rings (SSSR count). The summed E-state index contributed by atoms with van der Waals surface area (Å²) in [4.78, 5) is 97.0. The van der Waals surface area contributed by atoms with Crippen molar-refractivity contribution < 1.29 is 57.3 Å². The fraction of sp³-hybridized carbons (Fsp3) is 0.433. The lowest BCUT2D eigenvalue weighted by Gasteiger charge is -2.18. The van der Waals surface area contributed by atoms with Gasteiger partial charge in [0.05, 0.1) is 6.54 Å². The smallest absolute Gasteiger partial charge is 0.329 e. The second-order valence-electron chi connectivity index (χ2n) is 10.3. The summed E-state index contributed by atoms with van der Waals surface area (Å²) in [6, 6.07) is 7.82. The van der Waals surface area contributed by atoms with Crippen LogP contribution in [0.15, 0.2) is 36.5 Å². The van der Waals surface area contributed by atoms with Crippen LogP contribution in [0.25, 0.3) is 0 Å². The van der Waals surface area contributed by atoms with E-state index in [4.69, 9.17) is 9.47 Å². The van der Waals surface area contributed by atoms with E-state index >= 15 is 0 Å². The first kappa shape index (κ1) is 36.7. The molecule has 1 saturated heterocycles. The molecule has 4 amide bonds. The molecule has 1 aliphatic rings. The molecule has 1 fully saturated rings. The number of cyclic esters (lactones) is 4. The van der Waals surface area contributed by atoms with E-state index in [9.17, 15) is 38.4 Å². The number of rotatable bonds is 6. The molecule has 1 unspecified atom stereocenters. The third-order valence-corrected chi connectivity index (χ3v) is 6.45. The van der Waals surface area contributed by atoms with Crippen molar-refractivity contribution in [2.75, 3.05) is 46.1 Å². The first-order valence-corrected chi connectivity index (χ1v) is 14.8. The lowest BCUT2D eigenvalue weighted by molar-refractivity contribution is -0.154. The monoisotopic (exact) mass is 672 g/mol. The minimum Gasteiger partial charge on any atom is -0.454 e. The topological polar surface area (TPSA) is 239 Å². The van der Waals surface area contributed by atoms with Crippen LogP contribution in [0.4, 0.5) is 0 Å². The molecule has 1 aromatic carbocycles. The van der Waals surface area contributed by atoms with E-state index in [1.807, 2.05) is 22.9 Å². The van der Waals surface area contributed by atoms with Gasteiger partial charge in [-0.15, -0.1) is 0 Å². The average molecular weight is 673 g/mol. The van der Waals surface area contributed by atoms with E-state index < -0.39 is 99.6 Å². The Labute approximate surface area is 274 Å². The fourth-order valence-electron chi connectivity index (χ4n) is 4.08. The Morgan fingerprint density at radius 3 is 1.67 bits per heavy atom. The van der Waals surface area contributed by atoms with E-state index in [2.05, 4.69) is 42.8 Å². The van der Waals surface area contributed by atoms with Crippen LogP contribution in [0.1, 0.15) is 30.2 Å². The first-order chi connectivity index (χ1) is 23.0. The van der Waals surface area contributed by atoms with Crippen molar-refractivity contribution in [1.29, 1.82) is 0 Å². The third kappa shape index (κ3) is 13.3. The van der Waals surface area contributed by atoms with Crippen LogP contribution in [0, 0.1) is 0 Å². The summed E-state index contributed by atoms with van der Waals surface area (Å²) in [5.41, 5.74) is 2.65. The highest BCUT2D eigenvalue weighted by Gasteiger charge is 2.25. The van der Waals surface area contributed by atoms with Gasteiger partial charge < -0.3 is 40.2 Å². The van der Waals surface area contributed by atoms with Gasteiger partial charge in [0.2, 0.25) is 0 Å². The molecule has 2 aromatic rings. The van der Waals surface area contributed by atoms with Crippen LogP contribution in [0.3, 0.4) is 0 Å². The number of aromatic nitrogens is 2. The molecule has 18 nitrogen and oxygen atoms in total. The number of carbonyl (C=O) groups is 8. The molecule has 0 spiro atoms. The minimum atomic E-state index is -1.32. The number of aryl methyl sites for hydroxylation is 1. The quantitative estimate of drug-likeness (QED) is 0.183. The highest BCUT2D eigenvalue weighted by atomic mass is 16.6. The van der Waals surface area contributed by atoms with Gasteiger partial charge in [-0.3, -0.25) is 38.2 Å². The number of hydrogen-bond acceptors (Lipinski definition) is 13. The van der Waals surface area contributed by atoms with Crippen molar-refractivity contribution in [1.82, 2.24) is 31.0 Å². The Morgan fingerprint density at radius 1 is 0.667 bits per heavy atom. The zero-order valence-corrected chi connectivity index (χ0v) is 26.1. The maximum Gasteiger partial charge on any atom is 0.329 e. The third-order valence-electron chi connectivity index (χ3n) is 6.45. The minimum absolute atomic E-state index is 0.0631. The van der Waals surface area contributed by atoms with Crippen molar-refractivity contribution in [3.63, 3.8) is 0 Å². The Kier molecular flexibility index (Phi) is 14.5. The van der Waals surface area contributed by atoms with Gasteiger partial charge in [0, 0.05) is 18.3 Å². The SMILES string of the molecule is CCCc1ccnn1Cc1ccc(CC2NC(=O)COC(=O)CNC(=O)COC(=O)CNC(=O)COC(=O)CNC(=O)COC2=O)cc1. The second-order valence-corrected chi connectivity index (χ2v) is 10.3. The molecule has 1 atom stereocenters. The van der Waals surface area contributed by atoms with Gasteiger partial charge in [-0.1, -0.05) is 37.6 Å². The first-order valence-electron chi connectivity index (χ1n) is 14.8. The average Bonchev–Trinajstić information content (AvgIpc) is 3.51. The zero-order valence-electron chi connectivity index (χ0n) is 26.1. The molecule has 2 heterocycles. The zero-order chi connectivity index (χ0) is 34.9. The highest BCUT2D eigenvalue weighted by Crippen LogP contribution is 2.12. The maximum atomic E-state index is 13.0. The van der Waals surface area contributed by atoms with Gasteiger partial charge in [-0.2, -0.15) is 5.10 Å². The summed E-state index contributed by atoms with van der Waals surface area (Å²) in [6.07, 6.45) is 3.52. The van der Waals surface area contributed by atoms with Crippen LogP contribution < -0.4 is 21.3 Å². The Balaban J connectivity index is 1.66. The highest BCUT2D eigenvalue weighted by molar-refractivity contribution is 5.90. The van der Waals surface area contributed by atoms with Crippen LogP contribution in [-0.2, 0) is 76.7 Å². The lowest BCUT2D eigenvalue weighted by atomic mass is 10.0. The number of amides is 4. The lowest BCUT2D eigenvalue weighted by Crippen LogP contribution is -2.46. The largest absolute Gasteiger partial charge is 0.454 e. The van der Waals surface area contributed by atoms with Crippen LogP contribution in [0.2, 0.25) is 0 Å². The van der Waals surface area contributed by atoms with Crippen molar-refractivity contribution in [2.45, 2.75) is 38.8 Å². The predicted molar refractivity (Wildman–Crippen MR) is 160 cm³/mol. The van der Waals surface area contributed by atoms with Crippen molar-refractivity contribution >= 4 is 47.5 Å². The summed E-state index contributed by atoms with van der Waals surface area (Å²) in [6.45, 7) is -2.60. The standard InChI is InChI=1S/C30H36N6O12/c1-2-3-21-8-9-34-36(21)14-20-6-4-19(5-7-20)10-22-30(44)48-17-25(39)33-12-28(42)46-15-23(37)31-11-27(41)45-16-24(38)32-13-29(43)47-18-26(40)35-22/h4-9,22H,2-3,10-18H2,1H3,(H,31,37)(H,32,38)(H,33,39)(H,35,40). The summed E-state index contributed by atoms with van der Waals surface area (Å²) in [5, 5.41) is 13.1. The Morgan fingerprint density at radius 2 is 1.15 bits per heavy atom. The molecule has 48 heavy (non-hydrogen) atoms. The van der Waals surface area contributed by atoms with Crippen molar-refractivity contribution in [3.05, 3.63) is 53.3 Å². The molecule has 258 valence electrons. The molecule has 1 aliphatic heterocycles. The molecule has 0 bridgehead atoms. The van der Waals surface area contributed by atoms with Gasteiger partial charge >= 0.3 is 23.9 Å². The molecule has 1 aromatic heterocycles. The molecule has 18 heteroatoms. The molecule has 0 aliphatic carbocycles. The molecule has 0 radical (unpaired) electrons. The van der Waals surface area contributed by atoms with Crippen molar-refractivity contribution in [2.24, 2.45) is 0 Å². The second kappa shape index (κ2) is 19.0. The van der Waals surface area contributed by atoms with E-state index in [0.717, 1.165) is 24.1 Å². The van der Waals surface area contributed by atoms with Crippen LogP contribution in [-0.4, -0.2) is 109 Å². The van der Waals surface area contributed by atoms with Gasteiger partial charge in [0.15, 0.2) is 26.4 Å². The summed E-state index contributed by atoms with van der Waals surface area (Å²) >= 11 is 0. The Hall–Kier alpha value is -5.81. The number of carbonyl (C=O) groups excluding carboxylic acids is 8. The predicted octanol–water partition coefficient (Wildman–Crippen LogP) is -2.55. The van der Waals surface area contributed by atoms with E-state index in [1.165, 1.54) is 0 Å². The summed E-state index contributed by atoms with van der Waals surface area (Å²) in [7, 11) is 0. The molecular formula is C30H36N6O12. The molecule has 0 saturated carbocycles. The Bertz CT molecular complexity index is 1490. The van der Waals surface area contributed by atoms with Crippen LogP contribution in [0.5, 0.6) is 0 Å². The number of ether oxygens (including phenoxy) is 4. The fourth-order valence-corrected chi connectivity index (χ4v) is 4.08. The van der Waals surface area contributed by atoms with E-state index in [0.29, 0.717) is 12.1 Å². The van der Waals surface area contributed by atoms with Gasteiger partial charge in [-0.05, 0) is 23.6 Å². The number of hydrogen-bond donors (Lipinski definition) is 4. The van der Waals surface area contributed by atoms with E-state index in [1.54, 1.807) is 18.3 Å². The summed E-state index contributed by atoms with van der Waals surface area (Å²) < 4.78 is 21.1. The van der Waals surface area contributed by atoms with Gasteiger partial charge in [0.1, 0.15) is 25.7 Å². The maximum absolute atomic E-state index is 13.0. The van der Waals surface area contributed by atoms with Crippen molar-refractivity contribution in [3.8, 4) is 0 Å². The summed E-state index contributed by atoms with van der Waals surface area (Å²) in [5.74, 6) is -7.51. The number of nitrogens with one attached hydrogen (secondary N) is 4. The van der Waals surface area contributed by atoms with Gasteiger partial charge in [0.25, 0.3) is 23.6 Å². The van der Waals surface area contributed by atoms with E-state index in [-0.39, 0.29) is 6.42 Å². The number of benzene rings is 1. The molecule has 4 N–H and O–H groups in total. The van der Waals surface area contributed by atoms with Crippen LogP contribution >= 0.6 is 0 Å². The number of esters is 4. The number of nitrogens with zero attached hydrogens (tertiary/aromatic N) is 2. The van der Waals surface area contributed by atoms with Gasteiger partial charge in [-0.25, -0.2) is 4.79 Å². The normalized spacial score (nSPS) is 18.5.